The fraction of sp³-hybridized carbons (Fsp3) is 0.267. The van der Waals surface area contributed by atoms with E-state index in [1.807, 2.05) is 31.2 Å². The fourth-order valence-electron chi connectivity index (χ4n) is 1.87. The van der Waals surface area contributed by atoms with Gasteiger partial charge in [0.2, 0.25) is 5.91 Å². The highest BCUT2D eigenvalue weighted by atomic mass is 16.2. The van der Waals surface area contributed by atoms with Gasteiger partial charge in [-0.15, -0.1) is 0 Å². The van der Waals surface area contributed by atoms with Crippen LogP contribution < -0.4 is 10.6 Å². The number of aromatic amines is 1. The van der Waals surface area contributed by atoms with E-state index < -0.39 is 0 Å². The van der Waals surface area contributed by atoms with E-state index in [4.69, 9.17) is 0 Å². The number of hydrogen-bond acceptors (Lipinski definition) is 3. The minimum Gasteiger partial charge on any atom is -0.347 e. The summed E-state index contributed by atoms with van der Waals surface area (Å²) in [6.45, 7) is 2.34. The third-order valence-corrected chi connectivity index (χ3v) is 2.89. The Balaban J connectivity index is 1.92. The lowest BCUT2D eigenvalue weighted by molar-refractivity contribution is -0.116. The third-order valence-electron chi connectivity index (χ3n) is 2.89. The normalized spacial score (nSPS) is 10.1. The highest BCUT2D eigenvalue weighted by molar-refractivity contribution is 5.92. The third kappa shape index (κ3) is 4.45. The quantitative estimate of drug-likeness (QED) is 0.759. The summed E-state index contributed by atoms with van der Waals surface area (Å²) < 4.78 is 0. The molecule has 6 nitrogen and oxygen atoms in total. The molecule has 2 amide bonds. The van der Waals surface area contributed by atoms with E-state index in [1.54, 1.807) is 6.07 Å². The van der Waals surface area contributed by atoms with Crippen molar-refractivity contribution in [2.24, 2.45) is 0 Å². The van der Waals surface area contributed by atoms with E-state index in [9.17, 15) is 9.59 Å². The van der Waals surface area contributed by atoms with E-state index in [1.165, 1.54) is 6.20 Å². The first-order valence-corrected chi connectivity index (χ1v) is 6.85. The van der Waals surface area contributed by atoms with Crippen molar-refractivity contribution in [1.82, 2.24) is 15.5 Å². The maximum atomic E-state index is 11.8. The summed E-state index contributed by atoms with van der Waals surface area (Å²) >= 11 is 0. The van der Waals surface area contributed by atoms with Crippen LogP contribution in [0.15, 0.2) is 36.5 Å². The summed E-state index contributed by atoms with van der Waals surface area (Å²) in [7, 11) is 0. The zero-order valence-corrected chi connectivity index (χ0v) is 11.8. The van der Waals surface area contributed by atoms with Gasteiger partial charge in [0, 0.05) is 24.8 Å². The number of nitrogens with zero attached hydrogens (tertiary/aromatic N) is 1. The first-order chi connectivity index (χ1) is 10.2. The van der Waals surface area contributed by atoms with Gasteiger partial charge in [-0.2, -0.15) is 5.10 Å². The molecule has 0 aliphatic carbocycles. The van der Waals surface area contributed by atoms with Crippen LogP contribution in [0.3, 0.4) is 0 Å². The van der Waals surface area contributed by atoms with Crippen molar-refractivity contribution in [3.05, 3.63) is 47.8 Å². The van der Waals surface area contributed by atoms with E-state index in [0.29, 0.717) is 18.7 Å². The van der Waals surface area contributed by atoms with Gasteiger partial charge < -0.3 is 10.6 Å². The Hall–Kier alpha value is -2.63. The summed E-state index contributed by atoms with van der Waals surface area (Å²) in [6, 6.07) is 9.02. The molecule has 0 atom stereocenters. The Kier molecular flexibility index (Phi) is 5.09. The van der Waals surface area contributed by atoms with Crippen molar-refractivity contribution in [3.8, 4) is 0 Å². The predicted octanol–water partition coefficient (Wildman–Crippen LogP) is 2.08. The van der Waals surface area contributed by atoms with Crippen molar-refractivity contribution in [3.63, 3.8) is 0 Å². The van der Waals surface area contributed by atoms with Crippen molar-refractivity contribution >= 4 is 17.5 Å². The maximum Gasteiger partial charge on any atom is 0.269 e. The molecule has 1 heterocycles. The van der Waals surface area contributed by atoms with Crippen LogP contribution in [0.4, 0.5) is 5.69 Å². The van der Waals surface area contributed by atoms with Gasteiger partial charge in [-0.25, -0.2) is 0 Å². The highest BCUT2D eigenvalue weighted by Gasteiger charge is 2.06. The topological polar surface area (TPSA) is 86.9 Å². The monoisotopic (exact) mass is 286 g/mol. The first-order valence-electron chi connectivity index (χ1n) is 6.85. The average Bonchev–Trinajstić information content (AvgIpc) is 2.99. The molecule has 21 heavy (non-hydrogen) atoms. The standard InChI is InChI=1S/C15H18N4O2/c1-2-4-14(20)18-12-6-3-5-11(9-12)10-16-15(21)13-7-8-17-19-13/h3,5-9H,2,4,10H2,1H3,(H,16,21)(H,17,19)(H,18,20). The molecule has 2 aromatic rings. The van der Waals surface area contributed by atoms with Crippen LogP contribution in [0.25, 0.3) is 0 Å². The maximum absolute atomic E-state index is 11.8. The zero-order chi connectivity index (χ0) is 15.1. The molecule has 0 aliphatic heterocycles. The van der Waals surface area contributed by atoms with Crippen LogP contribution >= 0.6 is 0 Å². The Bertz CT molecular complexity index is 608. The number of hydrogen-bond donors (Lipinski definition) is 3. The molecule has 0 spiro atoms. The first kappa shape index (κ1) is 14.8. The molecule has 0 aliphatic rings. The van der Waals surface area contributed by atoms with Gasteiger partial charge in [-0.1, -0.05) is 19.1 Å². The molecule has 0 saturated carbocycles. The lowest BCUT2D eigenvalue weighted by Crippen LogP contribution is -2.23. The fourth-order valence-corrected chi connectivity index (χ4v) is 1.87. The minimum absolute atomic E-state index is 0.00357. The molecular weight excluding hydrogens is 268 g/mol. The molecule has 1 aromatic heterocycles. The number of amides is 2. The molecule has 0 fully saturated rings. The molecular formula is C15H18N4O2. The van der Waals surface area contributed by atoms with Crippen molar-refractivity contribution in [2.75, 3.05) is 5.32 Å². The lowest BCUT2D eigenvalue weighted by Gasteiger charge is -2.08. The second-order valence-corrected chi connectivity index (χ2v) is 4.65. The van der Waals surface area contributed by atoms with Gasteiger partial charge in [-0.05, 0) is 30.2 Å². The highest BCUT2D eigenvalue weighted by Crippen LogP contribution is 2.11. The summed E-state index contributed by atoms with van der Waals surface area (Å²) in [5.74, 6) is -0.218. The molecule has 0 radical (unpaired) electrons. The van der Waals surface area contributed by atoms with Crippen molar-refractivity contribution in [1.29, 1.82) is 0 Å². The molecule has 6 heteroatoms. The van der Waals surface area contributed by atoms with E-state index in [2.05, 4.69) is 20.8 Å². The van der Waals surface area contributed by atoms with Gasteiger partial charge in [-0.3, -0.25) is 14.7 Å². The smallest absolute Gasteiger partial charge is 0.269 e. The molecule has 0 saturated heterocycles. The lowest BCUT2D eigenvalue weighted by atomic mass is 10.2. The van der Waals surface area contributed by atoms with Crippen LogP contribution in [0.1, 0.15) is 35.8 Å². The number of aromatic nitrogens is 2. The van der Waals surface area contributed by atoms with Crippen LogP contribution in [-0.4, -0.2) is 22.0 Å². The number of benzene rings is 1. The summed E-state index contributed by atoms with van der Waals surface area (Å²) in [5.41, 5.74) is 2.07. The van der Waals surface area contributed by atoms with Gasteiger partial charge in [0.25, 0.3) is 5.91 Å². The largest absolute Gasteiger partial charge is 0.347 e. The van der Waals surface area contributed by atoms with Crippen LogP contribution in [-0.2, 0) is 11.3 Å². The second-order valence-electron chi connectivity index (χ2n) is 4.65. The number of nitrogens with one attached hydrogen (secondary N) is 3. The number of carbonyl (C=O) groups excluding carboxylic acids is 2. The van der Waals surface area contributed by atoms with E-state index in [-0.39, 0.29) is 11.8 Å². The Morgan fingerprint density at radius 1 is 1.29 bits per heavy atom. The van der Waals surface area contributed by atoms with Gasteiger partial charge in [0.05, 0.1) is 0 Å². The summed E-state index contributed by atoms with van der Waals surface area (Å²) in [5, 5.41) is 11.9. The van der Waals surface area contributed by atoms with Gasteiger partial charge in [0.1, 0.15) is 5.69 Å². The Morgan fingerprint density at radius 3 is 2.86 bits per heavy atom. The van der Waals surface area contributed by atoms with Crippen LogP contribution in [0.2, 0.25) is 0 Å². The van der Waals surface area contributed by atoms with Gasteiger partial charge in [0.15, 0.2) is 0 Å². The predicted molar refractivity (Wildman–Crippen MR) is 79.7 cm³/mol. The summed E-state index contributed by atoms with van der Waals surface area (Å²) in [4.78, 5) is 23.3. The SMILES string of the molecule is CCCC(=O)Nc1cccc(CNC(=O)c2ccn[nH]2)c1. The number of carbonyl (C=O) groups is 2. The molecule has 110 valence electrons. The molecule has 0 unspecified atom stereocenters. The molecule has 2 rings (SSSR count). The average molecular weight is 286 g/mol. The van der Waals surface area contributed by atoms with Crippen LogP contribution in [0, 0.1) is 0 Å². The van der Waals surface area contributed by atoms with Crippen molar-refractivity contribution in [2.45, 2.75) is 26.3 Å². The zero-order valence-electron chi connectivity index (χ0n) is 11.8. The van der Waals surface area contributed by atoms with Crippen LogP contribution in [0.5, 0.6) is 0 Å². The Labute approximate surface area is 122 Å². The number of anilines is 1. The summed E-state index contributed by atoms with van der Waals surface area (Å²) in [6.07, 6.45) is 2.84. The second kappa shape index (κ2) is 7.23. The number of H-pyrrole nitrogens is 1. The van der Waals surface area contributed by atoms with Crippen molar-refractivity contribution < 1.29 is 9.59 Å². The Morgan fingerprint density at radius 2 is 2.14 bits per heavy atom. The van der Waals surface area contributed by atoms with Gasteiger partial charge >= 0.3 is 0 Å². The minimum atomic E-state index is -0.215. The molecule has 3 N–H and O–H groups in total. The number of rotatable bonds is 6. The molecule has 1 aromatic carbocycles. The molecule has 0 bridgehead atoms. The van der Waals surface area contributed by atoms with E-state index in [0.717, 1.165) is 17.7 Å². The van der Waals surface area contributed by atoms with E-state index >= 15 is 0 Å².